The molecule has 0 spiro atoms. The van der Waals surface area contributed by atoms with Crippen LogP contribution >= 0.6 is 31.9 Å². The summed E-state index contributed by atoms with van der Waals surface area (Å²) in [6.45, 7) is 0. The second-order valence-corrected chi connectivity index (χ2v) is 5.01. The summed E-state index contributed by atoms with van der Waals surface area (Å²) >= 11 is 6.25. The van der Waals surface area contributed by atoms with E-state index in [1.807, 2.05) is 0 Å². The summed E-state index contributed by atoms with van der Waals surface area (Å²) in [7, 11) is 1.09. The van der Waals surface area contributed by atoms with Crippen LogP contribution in [0.25, 0.3) is 0 Å². The molecule has 5 nitrogen and oxygen atoms in total. The summed E-state index contributed by atoms with van der Waals surface area (Å²) in [5.41, 5.74) is 0.0177. The van der Waals surface area contributed by atoms with Gasteiger partial charge in [-0.1, -0.05) is 15.9 Å². The van der Waals surface area contributed by atoms with Crippen LogP contribution in [0.2, 0.25) is 0 Å². The van der Waals surface area contributed by atoms with Crippen LogP contribution in [-0.4, -0.2) is 34.5 Å². The van der Waals surface area contributed by atoms with Gasteiger partial charge in [0.15, 0.2) is 6.10 Å². The van der Waals surface area contributed by atoms with Crippen LogP contribution in [0.15, 0.2) is 21.1 Å². The highest BCUT2D eigenvalue weighted by Gasteiger charge is 2.29. The van der Waals surface area contributed by atoms with Crippen molar-refractivity contribution >= 4 is 37.8 Å². The average Bonchev–Trinajstić information content (AvgIpc) is 2.30. The number of carbonyl (C=O) groups is 1. The molecule has 0 saturated heterocycles. The molecule has 0 bridgehead atoms. The van der Waals surface area contributed by atoms with Crippen molar-refractivity contribution in [3.63, 3.8) is 0 Å². The fraction of sp³-hybridized carbons (Fsp3) is 0.300. The number of carbonyl (C=O) groups excluding carboxylic acids is 1. The smallest absolute Gasteiger partial charge is 0.337 e. The first-order valence-corrected chi connectivity index (χ1v) is 6.09. The first kappa shape index (κ1) is 14.4. The Morgan fingerprint density at radius 3 is 2.47 bits per heavy atom. The average molecular weight is 370 g/mol. The third kappa shape index (κ3) is 3.19. The van der Waals surface area contributed by atoms with Gasteiger partial charge in [-0.2, -0.15) is 0 Å². The lowest BCUT2D eigenvalue weighted by atomic mass is 10.0. The Morgan fingerprint density at radius 2 is 1.94 bits per heavy atom. The van der Waals surface area contributed by atoms with Gasteiger partial charge in [0.1, 0.15) is 11.9 Å². The highest BCUT2D eigenvalue weighted by Crippen LogP contribution is 2.36. The normalized spacial score (nSPS) is 14.2. The molecule has 0 aromatic heterocycles. The fourth-order valence-corrected chi connectivity index (χ4v) is 2.49. The predicted molar refractivity (Wildman–Crippen MR) is 66.5 cm³/mol. The molecule has 0 amide bonds. The topological polar surface area (TPSA) is 87.0 Å². The molecule has 3 N–H and O–H groups in total. The first-order valence-electron chi connectivity index (χ1n) is 4.50. The number of benzene rings is 1. The van der Waals surface area contributed by atoms with E-state index in [4.69, 9.17) is 0 Å². The van der Waals surface area contributed by atoms with E-state index in [0.29, 0.717) is 8.95 Å². The van der Waals surface area contributed by atoms with E-state index in [0.717, 1.165) is 7.11 Å². The monoisotopic (exact) mass is 368 g/mol. The van der Waals surface area contributed by atoms with E-state index >= 15 is 0 Å². The van der Waals surface area contributed by atoms with E-state index in [-0.39, 0.29) is 11.3 Å². The molecule has 17 heavy (non-hydrogen) atoms. The van der Waals surface area contributed by atoms with Crippen molar-refractivity contribution in [2.75, 3.05) is 7.11 Å². The second-order valence-electron chi connectivity index (χ2n) is 3.24. The Balaban J connectivity index is 3.12. The molecule has 1 aromatic carbocycles. The van der Waals surface area contributed by atoms with Gasteiger partial charge < -0.3 is 20.1 Å². The largest absolute Gasteiger partial charge is 0.506 e. The molecule has 1 rings (SSSR count). The Hall–Kier alpha value is -0.630. The molecule has 7 heteroatoms. The third-order valence-electron chi connectivity index (χ3n) is 2.12. The van der Waals surface area contributed by atoms with Crippen molar-refractivity contribution in [2.45, 2.75) is 12.2 Å². The molecule has 0 radical (unpaired) electrons. The number of hydrogen-bond donors (Lipinski definition) is 3. The maximum absolute atomic E-state index is 11.1. The number of aliphatic hydroxyl groups is 2. The van der Waals surface area contributed by atoms with Crippen LogP contribution in [0.3, 0.4) is 0 Å². The minimum Gasteiger partial charge on any atom is -0.506 e. The lowest BCUT2D eigenvalue weighted by molar-refractivity contribution is -0.156. The number of ether oxygens (including phenoxy) is 1. The lowest BCUT2D eigenvalue weighted by Gasteiger charge is -2.18. The molecule has 1 aromatic rings. The van der Waals surface area contributed by atoms with Crippen LogP contribution < -0.4 is 0 Å². The third-order valence-corrected chi connectivity index (χ3v) is 3.18. The fourth-order valence-electron chi connectivity index (χ4n) is 1.23. The molecule has 0 fully saturated rings. The Labute approximate surface area is 114 Å². The van der Waals surface area contributed by atoms with Crippen LogP contribution in [-0.2, 0) is 9.53 Å². The standard InChI is InChI=1S/C10H10Br2O5/c1-17-10(16)9(15)8(14)5-2-4(11)3-6(12)7(5)13/h2-3,8-9,13-15H,1H3. The van der Waals surface area contributed by atoms with Crippen molar-refractivity contribution < 1.29 is 24.9 Å². The number of halogens is 2. The molecule has 0 aliphatic carbocycles. The van der Waals surface area contributed by atoms with E-state index in [2.05, 4.69) is 36.6 Å². The highest BCUT2D eigenvalue weighted by molar-refractivity contribution is 9.11. The summed E-state index contributed by atoms with van der Waals surface area (Å²) in [5.74, 6) is -1.23. The van der Waals surface area contributed by atoms with Gasteiger partial charge in [0, 0.05) is 10.0 Å². The van der Waals surface area contributed by atoms with Crippen molar-refractivity contribution in [1.29, 1.82) is 0 Å². The van der Waals surface area contributed by atoms with Gasteiger partial charge in [-0.25, -0.2) is 4.79 Å². The number of esters is 1. The number of aromatic hydroxyl groups is 1. The van der Waals surface area contributed by atoms with E-state index in [1.54, 1.807) is 6.07 Å². The molecule has 0 saturated carbocycles. The van der Waals surface area contributed by atoms with E-state index in [1.165, 1.54) is 6.07 Å². The summed E-state index contributed by atoms with van der Waals surface area (Å²) in [6.07, 6.45) is -3.33. The number of phenolic OH excluding ortho intramolecular Hbond substituents is 1. The van der Waals surface area contributed by atoms with Crippen LogP contribution in [0.4, 0.5) is 0 Å². The van der Waals surface area contributed by atoms with E-state index in [9.17, 15) is 20.1 Å². The summed E-state index contributed by atoms with van der Waals surface area (Å²) in [4.78, 5) is 11.1. The summed E-state index contributed by atoms with van der Waals surface area (Å²) in [5, 5.41) is 29.0. The molecule has 0 aliphatic rings. The van der Waals surface area contributed by atoms with Gasteiger partial charge >= 0.3 is 5.97 Å². The van der Waals surface area contributed by atoms with Crippen LogP contribution in [0, 0.1) is 0 Å². The lowest BCUT2D eigenvalue weighted by Crippen LogP contribution is -2.29. The molecule has 2 atom stereocenters. The number of hydrogen-bond acceptors (Lipinski definition) is 5. The van der Waals surface area contributed by atoms with Gasteiger partial charge in [0.05, 0.1) is 11.6 Å². The minimum absolute atomic E-state index is 0.0177. The van der Waals surface area contributed by atoms with Gasteiger partial charge in [0.2, 0.25) is 0 Å². The molecular weight excluding hydrogens is 360 g/mol. The maximum Gasteiger partial charge on any atom is 0.337 e. The molecular formula is C10H10Br2O5. The second kappa shape index (κ2) is 5.81. The summed E-state index contributed by atoms with van der Waals surface area (Å²) < 4.78 is 5.21. The van der Waals surface area contributed by atoms with Gasteiger partial charge in [-0.3, -0.25) is 0 Å². The molecule has 94 valence electrons. The zero-order chi connectivity index (χ0) is 13.2. The van der Waals surface area contributed by atoms with Crippen molar-refractivity contribution in [3.05, 3.63) is 26.6 Å². The first-order chi connectivity index (χ1) is 7.88. The van der Waals surface area contributed by atoms with Crippen molar-refractivity contribution in [2.24, 2.45) is 0 Å². The number of rotatable bonds is 3. The van der Waals surface area contributed by atoms with Crippen LogP contribution in [0.5, 0.6) is 5.75 Å². The van der Waals surface area contributed by atoms with Crippen LogP contribution in [0.1, 0.15) is 11.7 Å². The minimum atomic E-state index is -1.76. The zero-order valence-electron chi connectivity index (χ0n) is 8.72. The Bertz CT molecular complexity index is 435. The number of methoxy groups -OCH3 is 1. The Morgan fingerprint density at radius 1 is 1.35 bits per heavy atom. The number of aliphatic hydroxyl groups excluding tert-OH is 2. The molecule has 0 heterocycles. The van der Waals surface area contributed by atoms with Gasteiger partial charge in [0.25, 0.3) is 0 Å². The summed E-state index contributed by atoms with van der Waals surface area (Å²) in [6, 6.07) is 2.97. The van der Waals surface area contributed by atoms with Crippen molar-refractivity contribution in [1.82, 2.24) is 0 Å². The molecule has 0 aliphatic heterocycles. The highest BCUT2D eigenvalue weighted by atomic mass is 79.9. The Kier molecular flexibility index (Phi) is 4.93. The maximum atomic E-state index is 11.1. The van der Waals surface area contributed by atoms with Gasteiger partial charge in [-0.05, 0) is 28.1 Å². The molecule has 2 unspecified atom stereocenters. The zero-order valence-corrected chi connectivity index (χ0v) is 11.9. The quantitative estimate of drug-likeness (QED) is 0.702. The SMILES string of the molecule is COC(=O)C(O)C(O)c1cc(Br)cc(Br)c1O. The van der Waals surface area contributed by atoms with E-state index < -0.39 is 18.2 Å². The number of phenols is 1. The van der Waals surface area contributed by atoms with Crippen molar-refractivity contribution in [3.8, 4) is 5.75 Å². The van der Waals surface area contributed by atoms with Gasteiger partial charge in [-0.15, -0.1) is 0 Å². The predicted octanol–water partition coefficient (Wildman–Crippen LogP) is 1.48.